The van der Waals surface area contributed by atoms with E-state index < -0.39 is 18.1 Å². The van der Waals surface area contributed by atoms with Gasteiger partial charge in [0, 0.05) is 11.3 Å². The van der Waals surface area contributed by atoms with E-state index in [1.165, 1.54) is 12.7 Å². The Labute approximate surface area is 156 Å². The minimum Gasteiger partial charge on any atom is -0.443 e. The molecule has 1 amide bonds. The number of nitrogens with one attached hydrogen (secondary N) is 1. The van der Waals surface area contributed by atoms with Crippen molar-refractivity contribution < 1.29 is 22.4 Å². The van der Waals surface area contributed by atoms with Gasteiger partial charge in [0.25, 0.3) is 5.91 Å². The molecule has 0 fully saturated rings. The Morgan fingerprint density at radius 2 is 2.04 bits per heavy atom. The molecule has 0 radical (unpaired) electrons. The van der Waals surface area contributed by atoms with Gasteiger partial charge in [-0.25, -0.2) is 15.0 Å². The molecule has 28 heavy (non-hydrogen) atoms. The lowest BCUT2D eigenvalue weighted by Crippen LogP contribution is -2.43. The number of carbonyl (C=O) groups is 1. The Morgan fingerprint density at radius 1 is 1.25 bits per heavy atom. The number of carbonyl (C=O) groups excluding carboxylic acids is 1. The lowest BCUT2D eigenvalue weighted by Gasteiger charge is -2.16. The van der Waals surface area contributed by atoms with Crippen LogP contribution in [-0.4, -0.2) is 37.5 Å². The summed E-state index contributed by atoms with van der Waals surface area (Å²) in [4.78, 5) is 24.8. The molecule has 4 rings (SSSR count). The maximum atomic E-state index is 12.7. The topological polar surface area (TPSA) is 85.3 Å². The van der Waals surface area contributed by atoms with E-state index in [2.05, 4.69) is 15.0 Å². The maximum Gasteiger partial charge on any atom is 0.408 e. The van der Waals surface area contributed by atoms with E-state index in [1.54, 1.807) is 35.6 Å². The molecule has 0 aliphatic heterocycles. The summed E-state index contributed by atoms with van der Waals surface area (Å²) >= 11 is 0. The molecule has 0 spiro atoms. The molecular formula is C18H14F3N5O2. The SMILES string of the molecule is Cc1cc(-c2ccc3ocnc3c2)nc2c(C(=O)NC(C)C(F)(F)F)ncn12. The van der Waals surface area contributed by atoms with Gasteiger partial charge in [-0.05, 0) is 38.1 Å². The second-order valence-corrected chi connectivity index (χ2v) is 6.34. The van der Waals surface area contributed by atoms with Crippen molar-refractivity contribution in [2.45, 2.75) is 26.1 Å². The molecule has 0 saturated carbocycles. The van der Waals surface area contributed by atoms with Crippen LogP contribution in [0.25, 0.3) is 28.0 Å². The van der Waals surface area contributed by atoms with Crippen LogP contribution in [0.4, 0.5) is 13.2 Å². The zero-order valence-corrected chi connectivity index (χ0v) is 14.8. The fraction of sp³-hybridized carbons (Fsp3) is 0.222. The van der Waals surface area contributed by atoms with Crippen molar-refractivity contribution in [3.8, 4) is 11.3 Å². The Morgan fingerprint density at radius 3 is 2.79 bits per heavy atom. The predicted molar refractivity (Wildman–Crippen MR) is 93.7 cm³/mol. The number of fused-ring (bicyclic) bond motifs is 2. The van der Waals surface area contributed by atoms with Gasteiger partial charge in [0.05, 0.1) is 5.69 Å². The fourth-order valence-electron chi connectivity index (χ4n) is 2.79. The van der Waals surface area contributed by atoms with E-state index in [0.717, 1.165) is 18.2 Å². The van der Waals surface area contributed by atoms with Crippen LogP contribution in [0.1, 0.15) is 23.1 Å². The van der Waals surface area contributed by atoms with E-state index in [1.807, 2.05) is 5.32 Å². The van der Waals surface area contributed by atoms with Crippen LogP contribution >= 0.6 is 0 Å². The van der Waals surface area contributed by atoms with E-state index in [-0.39, 0.29) is 11.3 Å². The highest BCUT2D eigenvalue weighted by Gasteiger charge is 2.37. The third-order valence-corrected chi connectivity index (χ3v) is 4.37. The summed E-state index contributed by atoms with van der Waals surface area (Å²) in [5.74, 6) is -0.941. The van der Waals surface area contributed by atoms with Crippen molar-refractivity contribution in [1.29, 1.82) is 0 Å². The number of nitrogens with zero attached hydrogens (tertiary/aromatic N) is 4. The Bertz CT molecular complexity index is 1200. The second kappa shape index (κ2) is 6.32. The third-order valence-electron chi connectivity index (χ3n) is 4.37. The molecule has 10 heteroatoms. The number of alkyl halides is 3. The van der Waals surface area contributed by atoms with Gasteiger partial charge >= 0.3 is 6.18 Å². The average molecular weight is 389 g/mol. The Kier molecular flexibility index (Phi) is 4.06. The summed E-state index contributed by atoms with van der Waals surface area (Å²) in [6.07, 6.45) is -1.86. The maximum absolute atomic E-state index is 12.7. The molecule has 3 aromatic heterocycles. The largest absolute Gasteiger partial charge is 0.443 e. The molecule has 1 aromatic carbocycles. The van der Waals surface area contributed by atoms with Crippen LogP contribution in [0.3, 0.4) is 0 Å². The van der Waals surface area contributed by atoms with Gasteiger partial charge in [0.1, 0.15) is 17.9 Å². The first-order valence-electron chi connectivity index (χ1n) is 8.30. The Balaban J connectivity index is 1.77. The van der Waals surface area contributed by atoms with Crippen LogP contribution in [-0.2, 0) is 0 Å². The molecule has 3 heterocycles. The van der Waals surface area contributed by atoms with Gasteiger partial charge in [0.2, 0.25) is 0 Å². The summed E-state index contributed by atoms with van der Waals surface area (Å²) < 4.78 is 45.0. The quantitative estimate of drug-likeness (QED) is 0.579. The van der Waals surface area contributed by atoms with Crippen LogP contribution in [0.5, 0.6) is 0 Å². The first kappa shape index (κ1) is 18.0. The van der Waals surface area contributed by atoms with Crippen LogP contribution < -0.4 is 5.32 Å². The predicted octanol–water partition coefficient (Wildman–Crippen LogP) is 3.53. The number of benzene rings is 1. The summed E-state index contributed by atoms with van der Waals surface area (Å²) in [5.41, 5.74) is 3.23. The lowest BCUT2D eigenvalue weighted by atomic mass is 10.1. The summed E-state index contributed by atoms with van der Waals surface area (Å²) in [7, 11) is 0. The number of imidazole rings is 1. The number of aromatic nitrogens is 4. The second-order valence-electron chi connectivity index (χ2n) is 6.34. The number of hydrogen-bond donors (Lipinski definition) is 1. The Hall–Kier alpha value is -3.43. The van der Waals surface area contributed by atoms with Crippen molar-refractivity contribution in [3.05, 3.63) is 48.4 Å². The smallest absolute Gasteiger partial charge is 0.408 e. The van der Waals surface area contributed by atoms with Gasteiger partial charge < -0.3 is 9.73 Å². The van der Waals surface area contributed by atoms with Gasteiger partial charge in [-0.15, -0.1) is 0 Å². The molecule has 0 aliphatic rings. The molecule has 4 aromatic rings. The number of rotatable bonds is 3. The number of oxazole rings is 1. The number of amides is 1. The monoisotopic (exact) mass is 389 g/mol. The third kappa shape index (κ3) is 3.06. The molecule has 7 nitrogen and oxygen atoms in total. The number of hydrogen-bond acceptors (Lipinski definition) is 5. The van der Waals surface area contributed by atoms with Crippen molar-refractivity contribution in [1.82, 2.24) is 24.7 Å². The minimum absolute atomic E-state index is 0.169. The lowest BCUT2D eigenvalue weighted by molar-refractivity contribution is -0.149. The normalized spacial score (nSPS) is 13.2. The zero-order valence-electron chi connectivity index (χ0n) is 14.8. The first-order chi connectivity index (χ1) is 13.2. The standard InChI is InChI=1S/C18H14F3N5O2/c1-9-5-12(11-3-4-14-13(6-11)23-8-28-14)25-16-15(22-7-26(9)16)17(27)24-10(2)18(19,20)21/h3-8,10H,1-2H3,(H,24,27). The van der Waals surface area contributed by atoms with E-state index >= 15 is 0 Å². The van der Waals surface area contributed by atoms with Crippen molar-refractivity contribution in [2.24, 2.45) is 0 Å². The molecule has 0 saturated heterocycles. The number of halogens is 3. The first-order valence-corrected chi connectivity index (χ1v) is 8.30. The van der Waals surface area contributed by atoms with Gasteiger partial charge in [-0.3, -0.25) is 9.20 Å². The van der Waals surface area contributed by atoms with Crippen LogP contribution in [0.2, 0.25) is 0 Å². The van der Waals surface area contributed by atoms with Crippen molar-refractivity contribution >= 4 is 22.7 Å². The highest BCUT2D eigenvalue weighted by molar-refractivity contribution is 5.98. The molecule has 0 aliphatic carbocycles. The van der Waals surface area contributed by atoms with E-state index in [4.69, 9.17) is 4.42 Å². The van der Waals surface area contributed by atoms with Gasteiger partial charge in [-0.2, -0.15) is 13.2 Å². The average Bonchev–Trinajstić information content (AvgIpc) is 3.26. The molecule has 0 bridgehead atoms. The fourth-order valence-corrected chi connectivity index (χ4v) is 2.79. The summed E-state index contributed by atoms with van der Waals surface area (Å²) in [6, 6.07) is 5.09. The molecule has 1 unspecified atom stereocenters. The van der Waals surface area contributed by atoms with E-state index in [0.29, 0.717) is 16.8 Å². The van der Waals surface area contributed by atoms with Gasteiger partial charge in [-0.1, -0.05) is 0 Å². The molecule has 1 atom stereocenters. The molecular weight excluding hydrogens is 375 g/mol. The summed E-state index contributed by atoms with van der Waals surface area (Å²) in [5, 5.41) is 1.91. The van der Waals surface area contributed by atoms with E-state index in [9.17, 15) is 18.0 Å². The van der Waals surface area contributed by atoms with Crippen molar-refractivity contribution in [2.75, 3.05) is 0 Å². The van der Waals surface area contributed by atoms with Gasteiger partial charge in [0.15, 0.2) is 23.3 Å². The van der Waals surface area contributed by atoms with Crippen molar-refractivity contribution in [3.63, 3.8) is 0 Å². The summed E-state index contributed by atoms with van der Waals surface area (Å²) in [6.45, 7) is 2.65. The minimum atomic E-state index is -4.55. The molecule has 1 N–H and O–H groups in total. The zero-order chi connectivity index (χ0) is 20.1. The highest BCUT2D eigenvalue weighted by Crippen LogP contribution is 2.25. The number of aryl methyl sites for hydroxylation is 1. The van der Waals surface area contributed by atoms with Crippen LogP contribution in [0.15, 0.2) is 41.4 Å². The molecule has 144 valence electrons. The van der Waals surface area contributed by atoms with Crippen LogP contribution in [0, 0.1) is 6.92 Å². The highest BCUT2D eigenvalue weighted by atomic mass is 19.4.